The molecule has 0 amide bonds. The minimum Gasteiger partial charge on any atom is -0.468 e. The molecule has 0 aliphatic heterocycles. The number of hydrogen-bond acceptors (Lipinski definition) is 10. The van der Waals surface area contributed by atoms with Gasteiger partial charge in [0.15, 0.2) is 17.0 Å². The van der Waals surface area contributed by atoms with Crippen LogP contribution < -0.4 is 20.7 Å². The molecule has 0 bridgehead atoms. The topological polar surface area (TPSA) is 156 Å². The molecule has 12 nitrogen and oxygen atoms in total. The highest BCUT2D eigenvalue weighted by atomic mass is 31.2. The van der Waals surface area contributed by atoms with Gasteiger partial charge in [-0.1, -0.05) is 18.2 Å². The van der Waals surface area contributed by atoms with Gasteiger partial charge in [-0.2, -0.15) is 15.1 Å². The third-order valence-electron chi connectivity index (χ3n) is 6.62. The number of hydrogen-bond donors (Lipinski definition) is 3. The molecular weight excluding hydrogens is 497 g/mol. The molecule has 5 rings (SSSR count). The van der Waals surface area contributed by atoms with Crippen LogP contribution in [0.25, 0.3) is 11.2 Å². The molecule has 198 valence electrons. The summed E-state index contributed by atoms with van der Waals surface area (Å²) >= 11 is 0. The minimum absolute atomic E-state index is 0.119. The molecule has 4 atom stereocenters. The van der Waals surface area contributed by atoms with Crippen LogP contribution >= 0.6 is 7.75 Å². The van der Waals surface area contributed by atoms with E-state index >= 15 is 0 Å². The first-order valence-corrected chi connectivity index (χ1v) is 14.0. The summed E-state index contributed by atoms with van der Waals surface area (Å²) in [6.45, 7) is 1.74. The van der Waals surface area contributed by atoms with Gasteiger partial charge in [0.2, 0.25) is 5.95 Å². The lowest BCUT2D eigenvalue weighted by molar-refractivity contribution is -0.142. The molecule has 2 aliphatic carbocycles. The monoisotopic (exact) mass is 529 g/mol. The van der Waals surface area contributed by atoms with Gasteiger partial charge in [0, 0.05) is 12.1 Å². The van der Waals surface area contributed by atoms with Gasteiger partial charge in [0.1, 0.15) is 11.8 Å². The van der Waals surface area contributed by atoms with E-state index < -0.39 is 19.8 Å². The molecule has 2 aromatic heterocycles. The number of para-hydroxylation sites is 1. The first-order valence-electron chi connectivity index (χ1n) is 12.4. The van der Waals surface area contributed by atoms with Crippen molar-refractivity contribution in [2.24, 2.45) is 5.92 Å². The van der Waals surface area contributed by atoms with Crippen molar-refractivity contribution in [1.82, 2.24) is 24.6 Å². The number of fused-ring (bicyclic) bond motifs is 1. The Bertz CT molecular complexity index is 1300. The molecule has 1 aromatic carbocycles. The fourth-order valence-corrected chi connectivity index (χ4v) is 6.12. The number of nitrogens with zero attached hydrogens (tertiary/aromatic N) is 4. The quantitative estimate of drug-likeness (QED) is 0.246. The van der Waals surface area contributed by atoms with Gasteiger partial charge < -0.3 is 24.9 Å². The number of ether oxygens (including phenoxy) is 1. The molecular formula is C24H32N7O5P. The van der Waals surface area contributed by atoms with Gasteiger partial charge in [-0.05, 0) is 57.1 Å². The molecule has 4 N–H and O–H groups in total. The number of imidazole rings is 1. The normalized spacial score (nSPS) is 21.9. The summed E-state index contributed by atoms with van der Waals surface area (Å²) in [5, 5.41) is 6.08. The van der Waals surface area contributed by atoms with E-state index in [-0.39, 0.29) is 24.5 Å². The van der Waals surface area contributed by atoms with Crippen LogP contribution in [0.2, 0.25) is 0 Å². The minimum atomic E-state index is -3.87. The number of nitrogens with two attached hydrogens (primary N) is 1. The van der Waals surface area contributed by atoms with Gasteiger partial charge in [0.05, 0.1) is 20.0 Å². The molecule has 13 heteroatoms. The van der Waals surface area contributed by atoms with Crippen molar-refractivity contribution in [2.75, 3.05) is 24.8 Å². The molecule has 2 fully saturated rings. The third-order valence-corrected chi connectivity index (χ3v) is 8.26. The Morgan fingerprint density at radius 3 is 2.73 bits per heavy atom. The van der Waals surface area contributed by atoms with Gasteiger partial charge in [0.25, 0.3) is 0 Å². The van der Waals surface area contributed by atoms with Crippen LogP contribution in [0.3, 0.4) is 0 Å². The van der Waals surface area contributed by atoms with Gasteiger partial charge >= 0.3 is 13.7 Å². The highest BCUT2D eigenvalue weighted by Gasteiger charge is 2.35. The van der Waals surface area contributed by atoms with E-state index in [9.17, 15) is 9.36 Å². The highest BCUT2D eigenvalue weighted by Crippen LogP contribution is 2.47. The van der Waals surface area contributed by atoms with Crippen molar-refractivity contribution in [3.05, 3.63) is 36.7 Å². The first-order chi connectivity index (χ1) is 17.8. The van der Waals surface area contributed by atoms with E-state index in [0.717, 1.165) is 32.1 Å². The Morgan fingerprint density at radius 1 is 1.22 bits per heavy atom. The van der Waals surface area contributed by atoms with Crippen molar-refractivity contribution in [3.63, 3.8) is 0 Å². The number of carbonyl (C=O) groups is 1. The lowest BCUT2D eigenvalue weighted by atomic mass is 10.1. The molecule has 2 heterocycles. The summed E-state index contributed by atoms with van der Waals surface area (Å²) in [4.78, 5) is 25.3. The van der Waals surface area contributed by atoms with Crippen molar-refractivity contribution in [1.29, 1.82) is 0 Å². The van der Waals surface area contributed by atoms with Gasteiger partial charge in [-0.15, -0.1) is 0 Å². The lowest BCUT2D eigenvalue weighted by Crippen LogP contribution is -2.34. The summed E-state index contributed by atoms with van der Waals surface area (Å²) < 4.78 is 32.0. The van der Waals surface area contributed by atoms with Crippen LogP contribution in [0.15, 0.2) is 36.7 Å². The van der Waals surface area contributed by atoms with Crippen molar-refractivity contribution < 1.29 is 23.1 Å². The maximum Gasteiger partial charge on any atom is 0.459 e. The van der Waals surface area contributed by atoms with E-state index in [1.54, 1.807) is 37.5 Å². The molecule has 0 saturated heterocycles. The van der Waals surface area contributed by atoms with E-state index in [0.29, 0.717) is 28.8 Å². The lowest BCUT2D eigenvalue weighted by Gasteiger charge is -2.24. The number of nitrogens with one attached hydrogen (secondary N) is 2. The summed E-state index contributed by atoms with van der Waals surface area (Å²) in [6.07, 6.45) is 6.52. The maximum atomic E-state index is 13.6. The average molecular weight is 530 g/mol. The van der Waals surface area contributed by atoms with Crippen LogP contribution in [0.5, 0.6) is 5.75 Å². The number of anilines is 2. The Morgan fingerprint density at radius 2 is 2.00 bits per heavy atom. The Kier molecular flexibility index (Phi) is 7.32. The third kappa shape index (κ3) is 6.03. The maximum absolute atomic E-state index is 13.6. The Labute approximate surface area is 214 Å². The van der Waals surface area contributed by atoms with Crippen molar-refractivity contribution >= 4 is 36.6 Å². The second-order valence-corrected chi connectivity index (χ2v) is 11.3. The summed E-state index contributed by atoms with van der Waals surface area (Å²) in [6, 6.07) is 8.39. The van der Waals surface area contributed by atoms with Crippen LogP contribution in [0.1, 0.15) is 45.1 Å². The molecule has 37 heavy (non-hydrogen) atoms. The number of nitrogen functional groups attached to an aromatic ring is 1. The van der Waals surface area contributed by atoms with E-state index in [2.05, 4.69) is 25.4 Å². The summed E-state index contributed by atoms with van der Waals surface area (Å²) in [7, 11) is -2.60. The van der Waals surface area contributed by atoms with Crippen LogP contribution in [-0.2, 0) is 18.6 Å². The van der Waals surface area contributed by atoms with Gasteiger partial charge in [-0.25, -0.2) is 9.55 Å². The number of rotatable bonds is 11. The number of aromatic nitrogens is 4. The largest absolute Gasteiger partial charge is 0.468 e. The zero-order valence-corrected chi connectivity index (χ0v) is 21.8. The van der Waals surface area contributed by atoms with E-state index in [1.165, 1.54) is 7.11 Å². The number of carbonyl (C=O) groups excluding carboxylic acids is 1. The molecule has 0 radical (unpaired) electrons. The number of esters is 1. The standard InChI is InChI=1S/C24H32N7O5P/c1-15(23(32)34-2)30-37(33,36-19-6-4-3-5-7-19)35-13-16-8-11-18(12-16)31-14-26-20-21(27-17-9-10-17)28-24(25)29-22(20)31/h3-7,14-18H,8-13H2,1-2H3,(H,30,33)(H3,25,27,28,29)/t15-,16+,18-,37?/m0/s1. The SMILES string of the molecule is COC(=O)[C@H](C)NP(=O)(OC[C@@H]1CC[C@H](n2cnc3c(NC4CC4)nc(N)nc32)C1)Oc1ccccc1. The predicted molar refractivity (Wildman–Crippen MR) is 138 cm³/mol. The number of benzene rings is 1. The van der Waals surface area contributed by atoms with Gasteiger partial charge in [-0.3, -0.25) is 9.32 Å². The summed E-state index contributed by atoms with van der Waals surface area (Å²) in [5.41, 5.74) is 7.41. The molecule has 3 aromatic rings. The Hall–Kier alpha value is -3.21. The molecule has 1 unspecified atom stereocenters. The smallest absolute Gasteiger partial charge is 0.459 e. The average Bonchev–Trinajstić information content (AvgIpc) is 3.40. The summed E-state index contributed by atoms with van der Waals surface area (Å²) in [5.74, 6) is 0.808. The Balaban J connectivity index is 1.27. The molecule has 2 saturated carbocycles. The van der Waals surface area contributed by atoms with E-state index in [4.69, 9.17) is 19.5 Å². The highest BCUT2D eigenvalue weighted by molar-refractivity contribution is 7.52. The molecule has 2 aliphatic rings. The second kappa shape index (κ2) is 10.6. The first kappa shape index (κ1) is 25.4. The van der Waals surface area contributed by atoms with Crippen LogP contribution in [0, 0.1) is 5.92 Å². The number of methoxy groups -OCH3 is 1. The zero-order chi connectivity index (χ0) is 26.0. The fraction of sp³-hybridized carbons (Fsp3) is 0.500. The molecule has 0 spiro atoms. The van der Waals surface area contributed by atoms with Crippen LogP contribution in [0.4, 0.5) is 11.8 Å². The van der Waals surface area contributed by atoms with Crippen LogP contribution in [-0.4, -0.2) is 51.3 Å². The second-order valence-electron chi connectivity index (χ2n) is 9.58. The fourth-order valence-electron chi connectivity index (χ4n) is 4.56. The van der Waals surface area contributed by atoms with Crippen molar-refractivity contribution in [2.45, 2.75) is 57.2 Å². The predicted octanol–water partition coefficient (Wildman–Crippen LogP) is 3.68. The zero-order valence-electron chi connectivity index (χ0n) is 20.9. The van der Waals surface area contributed by atoms with E-state index in [1.807, 2.05) is 10.6 Å². The van der Waals surface area contributed by atoms with Crippen molar-refractivity contribution in [3.8, 4) is 5.75 Å².